The van der Waals surface area contributed by atoms with Gasteiger partial charge in [0, 0.05) is 45.8 Å². The molecule has 0 bridgehead atoms. The van der Waals surface area contributed by atoms with Gasteiger partial charge in [0.05, 0.1) is 13.1 Å². The Morgan fingerprint density at radius 2 is 1.47 bits per heavy atom. The fourth-order valence-electron chi connectivity index (χ4n) is 3.30. The van der Waals surface area contributed by atoms with Crippen LogP contribution in [-0.4, -0.2) is 85.8 Å². The molecule has 0 atom stereocenters. The van der Waals surface area contributed by atoms with Crippen molar-refractivity contribution in [3.63, 3.8) is 0 Å². The average Bonchev–Trinajstić information content (AvgIpc) is 2.78. The van der Waals surface area contributed by atoms with Crippen LogP contribution in [0.5, 0.6) is 0 Å². The first-order valence-corrected chi connectivity index (χ1v) is 10.1. The predicted octanol–water partition coefficient (Wildman–Crippen LogP) is 1.32. The second-order valence-corrected chi connectivity index (χ2v) is 7.57. The minimum atomic E-state index is -0.266. The van der Waals surface area contributed by atoms with Crippen LogP contribution in [0.15, 0.2) is 54.6 Å². The first kappa shape index (κ1) is 21.5. The van der Waals surface area contributed by atoms with Gasteiger partial charge in [-0.3, -0.25) is 19.3 Å². The largest absolute Gasteiger partial charge is 0.348 e. The van der Waals surface area contributed by atoms with Crippen molar-refractivity contribution in [2.45, 2.75) is 0 Å². The summed E-state index contributed by atoms with van der Waals surface area (Å²) in [5.74, 6) is -0.318. The Morgan fingerprint density at radius 1 is 0.867 bits per heavy atom. The highest BCUT2D eigenvalue weighted by Crippen LogP contribution is 2.19. The number of carbonyl (C=O) groups excluding carboxylic acids is 3. The average molecular weight is 409 g/mol. The fourth-order valence-corrected chi connectivity index (χ4v) is 3.30. The molecule has 3 rings (SSSR count). The summed E-state index contributed by atoms with van der Waals surface area (Å²) in [7, 11) is 3.47. The van der Waals surface area contributed by atoms with Crippen LogP contribution in [0, 0.1) is 0 Å². The number of piperazine rings is 1. The van der Waals surface area contributed by atoms with Crippen molar-refractivity contribution < 1.29 is 14.4 Å². The predicted molar refractivity (Wildman–Crippen MR) is 116 cm³/mol. The van der Waals surface area contributed by atoms with Crippen molar-refractivity contribution >= 4 is 17.7 Å². The zero-order valence-corrected chi connectivity index (χ0v) is 17.5. The van der Waals surface area contributed by atoms with E-state index in [1.807, 2.05) is 47.4 Å². The normalized spacial score (nSPS) is 14.3. The molecule has 30 heavy (non-hydrogen) atoms. The first-order valence-electron chi connectivity index (χ1n) is 10.1. The van der Waals surface area contributed by atoms with Crippen LogP contribution in [0.3, 0.4) is 0 Å². The number of amides is 3. The molecule has 1 fully saturated rings. The Morgan fingerprint density at radius 3 is 2.07 bits per heavy atom. The molecule has 1 N–H and O–H groups in total. The fraction of sp³-hybridized carbons (Fsp3) is 0.348. The number of rotatable bonds is 6. The van der Waals surface area contributed by atoms with E-state index in [9.17, 15) is 14.4 Å². The Hall–Kier alpha value is -3.19. The molecule has 0 saturated carbocycles. The molecule has 1 heterocycles. The van der Waals surface area contributed by atoms with Crippen molar-refractivity contribution in [2.75, 3.05) is 53.4 Å². The Kier molecular flexibility index (Phi) is 7.19. The number of carbonyl (C=O) groups is 3. The molecule has 1 aliphatic rings. The number of likely N-dealkylation sites (N-methyl/N-ethyl adjacent to an activating group) is 1. The van der Waals surface area contributed by atoms with Crippen LogP contribution in [0.4, 0.5) is 0 Å². The number of nitrogens with one attached hydrogen (secondary N) is 1. The van der Waals surface area contributed by atoms with Crippen LogP contribution in [0.1, 0.15) is 10.4 Å². The van der Waals surface area contributed by atoms with Crippen LogP contribution in [0.2, 0.25) is 0 Å². The maximum Gasteiger partial charge on any atom is 0.251 e. The molecule has 2 aromatic carbocycles. The van der Waals surface area contributed by atoms with Gasteiger partial charge >= 0.3 is 0 Å². The highest BCUT2D eigenvalue weighted by molar-refractivity contribution is 5.96. The van der Waals surface area contributed by atoms with Crippen LogP contribution in [-0.2, 0) is 9.59 Å². The Bertz CT molecular complexity index is 873. The van der Waals surface area contributed by atoms with E-state index in [4.69, 9.17) is 0 Å². The molecular weight excluding hydrogens is 380 g/mol. The summed E-state index contributed by atoms with van der Waals surface area (Å²) in [4.78, 5) is 41.9. The summed E-state index contributed by atoms with van der Waals surface area (Å²) >= 11 is 0. The third-order valence-electron chi connectivity index (χ3n) is 5.24. The van der Waals surface area contributed by atoms with Gasteiger partial charge in [-0.15, -0.1) is 0 Å². The van der Waals surface area contributed by atoms with Gasteiger partial charge in [-0.05, 0) is 23.3 Å². The SMILES string of the molecule is CN(C)C(=O)CN1CCN(C(=O)CNC(=O)c2ccc(-c3ccccc3)cc2)CC1. The summed E-state index contributed by atoms with van der Waals surface area (Å²) in [5, 5.41) is 2.71. The van der Waals surface area contributed by atoms with Gasteiger partial charge in [-0.2, -0.15) is 0 Å². The molecule has 2 aromatic rings. The van der Waals surface area contributed by atoms with Crippen molar-refractivity contribution in [3.8, 4) is 11.1 Å². The highest BCUT2D eigenvalue weighted by Gasteiger charge is 2.23. The lowest BCUT2D eigenvalue weighted by molar-refractivity contribution is -0.133. The van der Waals surface area contributed by atoms with Gasteiger partial charge in [0.2, 0.25) is 11.8 Å². The molecule has 3 amide bonds. The molecule has 7 heteroatoms. The third-order valence-corrected chi connectivity index (χ3v) is 5.24. The second-order valence-electron chi connectivity index (χ2n) is 7.57. The molecular formula is C23H28N4O3. The van der Waals surface area contributed by atoms with Gasteiger partial charge in [0.25, 0.3) is 5.91 Å². The highest BCUT2D eigenvalue weighted by atomic mass is 16.2. The van der Waals surface area contributed by atoms with E-state index in [2.05, 4.69) is 5.32 Å². The van der Waals surface area contributed by atoms with E-state index < -0.39 is 0 Å². The van der Waals surface area contributed by atoms with E-state index in [0.29, 0.717) is 38.3 Å². The third kappa shape index (κ3) is 5.67. The summed E-state index contributed by atoms with van der Waals surface area (Å²) in [5.41, 5.74) is 2.65. The maximum absolute atomic E-state index is 12.4. The lowest BCUT2D eigenvalue weighted by Gasteiger charge is -2.34. The topological polar surface area (TPSA) is 73.0 Å². The number of hydrogen-bond donors (Lipinski definition) is 1. The van der Waals surface area contributed by atoms with Gasteiger partial charge in [0.15, 0.2) is 0 Å². The Balaban J connectivity index is 1.45. The van der Waals surface area contributed by atoms with Gasteiger partial charge in [-0.1, -0.05) is 42.5 Å². The van der Waals surface area contributed by atoms with Gasteiger partial charge < -0.3 is 15.1 Å². The molecule has 7 nitrogen and oxygen atoms in total. The summed E-state index contributed by atoms with van der Waals surface area (Å²) in [6.07, 6.45) is 0. The second kappa shape index (κ2) is 10.0. The maximum atomic E-state index is 12.4. The van der Waals surface area contributed by atoms with Crippen molar-refractivity contribution in [2.24, 2.45) is 0 Å². The Labute approximate surface area is 177 Å². The summed E-state index contributed by atoms with van der Waals surface area (Å²) < 4.78 is 0. The van der Waals surface area contributed by atoms with Crippen LogP contribution in [0.25, 0.3) is 11.1 Å². The van der Waals surface area contributed by atoms with E-state index >= 15 is 0 Å². The number of hydrogen-bond acceptors (Lipinski definition) is 4. The first-order chi connectivity index (χ1) is 14.4. The molecule has 1 saturated heterocycles. The van der Waals surface area contributed by atoms with Crippen LogP contribution < -0.4 is 5.32 Å². The zero-order valence-electron chi connectivity index (χ0n) is 17.5. The van der Waals surface area contributed by atoms with E-state index in [1.165, 1.54) is 0 Å². The van der Waals surface area contributed by atoms with Gasteiger partial charge in [0.1, 0.15) is 0 Å². The van der Waals surface area contributed by atoms with Gasteiger partial charge in [-0.25, -0.2) is 0 Å². The lowest BCUT2D eigenvalue weighted by atomic mass is 10.0. The lowest BCUT2D eigenvalue weighted by Crippen LogP contribution is -2.52. The standard InChI is InChI=1S/C23H28N4O3/c1-25(2)22(29)17-26-12-14-27(15-13-26)21(28)16-24-23(30)20-10-8-19(9-11-20)18-6-4-3-5-7-18/h3-11H,12-17H2,1-2H3,(H,24,30). The zero-order chi connectivity index (χ0) is 21.5. The molecule has 0 aliphatic carbocycles. The number of benzene rings is 2. The quantitative estimate of drug-likeness (QED) is 0.782. The summed E-state index contributed by atoms with van der Waals surface area (Å²) in [6, 6.07) is 17.3. The van der Waals surface area contributed by atoms with Crippen molar-refractivity contribution in [1.29, 1.82) is 0 Å². The monoisotopic (exact) mass is 408 g/mol. The van der Waals surface area contributed by atoms with E-state index in [1.54, 1.807) is 36.0 Å². The van der Waals surface area contributed by atoms with E-state index in [0.717, 1.165) is 11.1 Å². The van der Waals surface area contributed by atoms with Crippen molar-refractivity contribution in [3.05, 3.63) is 60.2 Å². The molecule has 1 aliphatic heterocycles. The van der Waals surface area contributed by atoms with Crippen LogP contribution >= 0.6 is 0 Å². The molecule has 0 spiro atoms. The van der Waals surface area contributed by atoms with E-state index in [-0.39, 0.29) is 24.3 Å². The minimum Gasteiger partial charge on any atom is -0.348 e. The minimum absolute atomic E-state index is 0.0318. The molecule has 158 valence electrons. The smallest absolute Gasteiger partial charge is 0.251 e. The van der Waals surface area contributed by atoms with Crippen molar-refractivity contribution in [1.82, 2.24) is 20.0 Å². The number of nitrogens with zero attached hydrogens (tertiary/aromatic N) is 3. The molecule has 0 aromatic heterocycles. The molecule has 0 radical (unpaired) electrons. The molecule has 0 unspecified atom stereocenters. The summed E-state index contributed by atoms with van der Waals surface area (Å²) in [6.45, 7) is 2.75.